The zero-order valence-corrected chi connectivity index (χ0v) is 18.0. The lowest BCUT2D eigenvalue weighted by Gasteiger charge is -2.23. The summed E-state index contributed by atoms with van der Waals surface area (Å²) in [5.74, 6) is -0.0711. The molecule has 0 unspecified atom stereocenters. The summed E-state index contributed by atoms with van der Waals surface area (Å²) in [4.78, 5) is 13.2. The molecule has 4 rings (SSSR count). The number of nitrogens with zero attached hydrogens (tertiary/aromatic N) is 3. The Morgan fingerprint density at radius 3 is 2.58 bits per heavy atom. The third-order valence-corrected chi connectivity index (χ3v) is 8.29. The van der Waals surface area contributed by atoms with Gasteiger partial charge in [-0.1, -0.05) is 18.2 Å². The number of ether oxygens (including phenoxy) is 1. The molecule has 1 N–H and O–H groups in total. The minimum Gasteiger partial charge on any atom is -0.380 e. The lowest BCUT2D eigenvalue weighted by Crippen LogP contribution is -2.24. The molecule has 0 amide bonds. The van der Waals surface area contributed by atoms with E-state index in [2.05, 4.69) is 20.3 Å². The van der Waals surface area contributed by atoms with Gasteiger partial charge in [-0.2, -0.15) is 0 Å². The number of aryl methyl sites for hydroxylation is 1. The smallest absolute Gasteiger partial charge is 0.266 e. The van der Waals surface area contributed by atoms with E-state index in [4.69, 9.17) is 4.74 Å². The second-order valence-corrected chi connectivity index (χ2v) is 10.7. The van der Waals surface area contributed by atoms with E-state index in [0.717, 1.165) is 6.07 Å². The second kappa shape index (κ2) is 8.55. The van der Waals surface area contributed by atoms with Crippen LogP contribution in [0.3, 0.4) is 0 Å². The molecule has 2 aromatic heterocycles. The van der Waals surface area contributed by atoms with E-state index in [9.17, 15) is 17.7 Å². The van der Waals surface area contributed by atoms with Gasteiger partial charge in [-0.15, -0.1) is 0 Å². The van der Waals surface area contributed by atoms with Gasteiger partial charge in [0.1, 0.15) is 30.0 Å². The quantitative estimate of drug-likeness (QED) is 0.573. The molecular formula is C21H22F3N4O2P. The normalized spacial score (nSPS) is 17.1. The Balaban J connectivity index is 1.74. The summed E-state index contributed by atoms with van der Waals surface area (Å²) in [6.45, 7) is 4.22. The highest BCUT2D eigenvalue weighted by Gasteiger charge is 2.30. The fourth-order valence-electron chi connectivity index (χ4n) is 3.69. The minimum atomic E-state index is -2.90. The monoisotopic (exact) mass is 450 g/mol. The second-order valence-electron chi connectivity index (χ2n) is 7.55. The van der Waals surface area contributed by atoms with Gasteiger partial charge in [0.05, 0.1) is 36.5 Å². The van der Waals surface area contributed by atoms with Crippen molar-refractivity contribution in [1.82, 2.24) is 15.0 Å². The number of benzene rings is 1. The van der Waals surface area contributed by atoms with Gasteiger partial charge in [0.2, 0.25) is 0 Å². The number of aromatic nitrogens is 3. The standard InChI is InChI=1S/C21H22F3N4O2P/c1-12(14-4-3-5-15(19(14)22)20(23)24)26-21-16-10-18(31(29)8-6-30-7-9-31)25-11-17(16)27-13(2)28-21/h3-5,10-12,20H,6-9H2,1-2H3,(H,26,27,28)/t12-/m1/s1. The minimum absolute atomic E-state index is 0.105. The molecule has 0 spiro atoms. The Kier molecular flexibility index (Phi) is 5.99. The number of hydrogen-bond acceptors (Lipinski definition) is 6. The maximum absolute atomic E-state index is 14.6. The number of halogens is 3. The van der Waals surface area contributed by atoms with E-state index in [1.165, 1.54) is 12.1 Å². The molecule has 1 aliphatic rings. The van der Waals surface area contributed by atoms with Crippen molar-refractivity contribution in [3.63, 3.8) is 0 Å². The van der Waals surface area contributed by atoms with Crippen LogP contribution in [-0.2, 0) is 9.30 Å². The van der Waals surface area contributed by atoms with Crippen LogP contribution >= 0.6 is 7.14 Å². The molecule has 164 valence electrons. The number of rotatable bonds is 5. The average Bonchev–Trinajstić information content (AvgIpc) is 2.73. The van der Waals surface area contributed by atoms with E-state index in [0.29, 0.717) is 53.5 Å². The maximum Gasteiger partial charge on any atom is 0.266 e. The largest absolute Gasteiger partial charge is 0.380 e. The third kappa shape index (κ3) is 4.29. The lowest BCUT2D eigenvalue weighted by molar-refractivity contribution is 0.146. The SMILES string of the molecule is Cc1nc(N[C@H](C)c2cccc(C(F)F)c2F)c2cc(P3(=O)CCOCC3)ncc2n1. The average molecular weight is 450 g/mol. The Morgan fingerprint density at radius 1 is 1.16 bits per heavy atom. The summed E-state index contributed by atoms with van der Waals surface area (Å²) in [6, 6.07) is 5.00. The van der Waals surface area contributed by atoms with Gasteiger partial charge in [-0.3, -0.25) is 4.98 Å². The van der Waals surface area contributed by atoms with Crippen LogP contribution in [0.15, 0.2) is 30.5 Å². The molecule has 10 heteroatoms. The molecule has 0 radical (unpaired) electrons. The number of nitrogens with one attached hydrogen (secondary N) is 1. The third-order valence-electron chi connectivity index (χ3n) is 5.40. The van der Waals surface area contributed by atoms with E-state index in [1.54, 1.807) is 26.1 Å². The van der Waals surface area contributed by atoms with Crippen LogP contribution in [0, 0.1) is 12.7 Å². The summed E-state index contributed by atoms with van der Waals surface area (Å²) in [7, 11) is -2.68. The Bertz CT molecular complexity index is 1160. The maximum atomic E-state index is 14.6. The molecule has 0 bridgehead atoms. The molecule has 1 aromatic carbocycles. The number of fused-ring (bicyclic) bond motifs is 1. The first-order chi connectivity index (χ1) is 14.8. The first-order valence-electron chi connectivity index (χ1n) is 9.92. The predicted molar refractivity (Wildman–Crippen MR) is 113 cm³/mol. The van der Waals surface area contributed by atoms with Crippen LogP contribution in [0.2, 0.25) is 0 Å². The van der Waals surface area contributed by atoms with Crippen molar-refractivity contribution in [1.29, 1.82) is 0 Å². The lowest BCUT2D eigenvalue weighted by atomic mass is 10.0. The van der Waals surface area contributed by atoms with Crippen molar-refractivity contribution in [2.75, 3.05) is 30.9 Å². The highest BCUT2D eigenvalue weighted by atomic mass is 31.2. The van der Waals surface area contributed by atoms with Crippen molar-refractivity contribution in [3.05, 3.63) is 53.2 Å². The van der Waals surface area contributed by atoms with Gasteiger partial charge in [-0.05, 0) is 19.9 Å². The molecule has 6 nitrogen and oxygen atoms in total. The van der Waals surface area contributed by atoms with E-state index in [-0.39, 0.29) is 5.56 Å². The number of hydrogen-bond donors (Lipinski definition) is 1. The Labute approximate surface area is 177 Å². The summed E-state index contributed by atoms with van der Waals surface area (Å²) >= 11 is 0. The van der Waals surface area contributed by atoms with Crippen LogP contribution in [0.1, 0.15) is 36.3 Å². The van der Waals surface area contributed by atoms with Gasteiger partial charge in [0.15, 0.2) is 0 Å². The van der Waals surface area contributed by atoms with E-state index in [1.807, 2.05) is 0 Å². The zero-order chi connectivity index (χ0) is 22.2. The van der Waals surface area contributed by atoms with Gasteiger partial charge < -0.3 is 14.6 Å². The molecule has 1 aliphatic heterocycles. The van der Waals surface area contributed by atoms with Crippen LogP contribution in [0.4, 0.5) is 19.0 Å². The Hall–Kier alpha value is -2.51. The van der Waals surface area contributed by atoms with Gasteiger partial charge >= 0.3 is 0 Å². The zero-order valence-electron chi connectivity index (χ0n) is 17.1. The van der Waals surface area contributed by atoms with E-state index < -0.39 is 31.0 Å². The molecule has 0 aliphatic carbocycles. The van der Waals surface area contributed by atoms with Gasteiger partial charge in [0.25, 0.3) is 6.43 Å². The van der Waals surface area contributed by atoms with Crippen molar-refractivity contribution in [2.45, 2.75) is 26.3 Å². The molecule has 31 heavy (non-hydrogen) atoms. The van der Waals surface area contributed by atoms with Crippen LogP contribution in [0.5, 0.6) is 0 Å². The molecule has 1 saturated heterocycles. The van der Waals surface area contributed by atoms with Crippen molar-refractivity contribution < 1.29 is 22.5 Å². The van der Waals surface area contributed by atoms with Gasteiger partial charge in [0, 0.05) is 23.3 Å². The molecule has 1 fully saturated rings. The highest BCUT2D eigenvalue weighted by molar-refractivity contribution is 7.71. The molecule has 3 aromatic rings. The first-order valence-corrected chi connectivity index (χ1v) is 12.0. The Morgan fingerprint density at radius 2 is 1.87 bits per heavy atom. The van der Waals surface area contributed by atoms with Crippen molar-refractivity contribution in [3.8, 4) is 0 Å². The number of pyridine rings is 1. The summed E-state index contributed by atoms with van der Waals surface area (Å²) in [6.07, 6.45) is -0.506. The predicted octanol–water partition coefficient (Wildman–Crippen LogP) is 4.60. The van der Waals surface area contributed by atoms with Crippen LogP contribution < -0.4 is 10.8 Å². The van der Waals surface area contributed by atoms with E-state index >= 15 is 0 Å². The summed E-state index contributed by atoms with van der Waals surface area (Å²) < 4.78 is 59.5. The fourth-order valence-corrected chi connectivity index (χ4v) is 5.85. The molecule has 1 atom stereocenters. The highest BCUT2D eigenvalue weighted by Crippen LogP contribution is 2.45. The summed E-state index contributed by atoms with van der Waals surface area (Å²) in [5.41, 5.74) is 0.498. The van der Waals surface area contributed by atoms with Crippen molar-refractivity contribution in [2.24, 2.45) is 0 Å². The summed E-state index contributed by atoms with van der Waals surface area (Å²) in [5, 5.41) is 3.71. The fraction of sp³-hybridized carbons (Fsp3) is 0.381. The molecular weight excluding hydrogens is 428 g/mol. The number of alkyl halides is 2. The van der Waals surface area contributed by atoms with Crippen molar-refractivity contribution >= 4 is 29.3 Å². The number of anilines is 1. The molecule has 0 saturated carbocycles. The molecule has 3 heterocycles. The first kappa shape index (κ1) is 21.7. The van der Waals surface area contributed by atoms with Gasteiger partial charge in [-0.25, -0.2) is 23.1 Å². The van der Waals surface area contributed by atoms with Crippen LogP contribution in [-0.4, -0.2) is 40.5 Å². The topological polar surface area (TPSA) is 77.0 Å². The van der Waals surface area contributed by atoms with Crippen LogP contribution in [0.25, 0.3) is 10.9 Å².